The second-order valence-corrected chi connectivity index (χ2v) is 6.82. The molecule has 1 saturated heterocycles. The first-order valence-corrected chi connectivity index (χ1v) is 8.54. The smallest absolute Gasteiger partial charge is 0.0597 e. The van der Waals surface area contributed by atoms with Crippen LogP contribution in [0, 0.1) is 12.8 Å². The molecule has 1 aromatic rings. The van der Waals surface area contributed by atoms with Crippen molar-refractivity contribution in [2.24, 2.45) is 5.92 Å². The number of nitrogens with one attached hydrogen (secondary N) is 1. The zero-order valence-corrected chi connectivity index (χ0v) is 14.4. The Labute approximate surface area is 129 Å². The number of piperazine rings is 1. The third-order valence-corrected chi connectivity index (χ3v) is 4.50. The Morgan fingerprint density at radius 1 is 1.38 bits per heavy atom. The number of hydrogen-bond acceptors (Lipinski definition) is 3. The van der Waals surface area contributed by atoms with Gasteiger partial charge in [-0.3, -0.25) is 9.58 Å². The minimum absolute atomic E-state index is 0.632. The van der Waals surface area contributed by atoms with Gasteiger partial charge in [0.05, 0.1) is 11.4 Å². The highest BCUT2D eigenvalue weighted by Gasteiger charge is 2.28. The van der Waals surface area contributed by atoms with Crippen molar-refractivity contribution in [1.82, 2.24) is 20.0 Å². The van der Waals surface area contributed by atoms with Crippen LogP contribution in [0.5, 0.6) is 0 Å². The fourth-order valence-corrected chi connectivity index (χ4v) is 3.38. The molecule has 0 radical (unpaired) electrons. The lowest BCUT2D eigenvalue weighted by molar-refractivity contribution is 0.102. The van der Waals surface area contributed by atoms with E-state index in [-0.39, 0.29) is 0 Å². The molecule has 1 aliphatic rings. The largest absolute Gasteiger partial charge is 0.311 e. The summed E-state index contributed by atoms with van der Waals surface area (Å²) in [5, 5.41) is 8.30. The lowest BCUT2D eigenvalue weighted by Crippen LogP contribution is -2.56. The first-order valence-electron chi connectivity index (χ1n) is 8.54. The summed E-state index contributed by atoms with van der Waals surface area (Å²) < 4.78 is 2.16. The van der Waals surface area contributed by atoms with E-state index in [0.29, 0.717) is 12.1 Å². The molecule has 2 atom stereocenters. The highest BCUT2D eigenvalue weighted by molar-refractivity contribution is 5.09. The average molecular weight is 292 g/mol. The summed E-state index contributed by atoms with van der Waals surface area (Å²) in [4.78, 5) is 2.67. The molecule has 120 valence electrons. The van der Waals surface area contributed by atoms with Crippen LogP contribution in [-0.2, 0) is 13.1 Å². The average Bonchev–Trinajstić information content (AvgIpc) is 2.80. The van der Waals surface area contributed by atoms with Crippen molar-refractivity contribution in [1.29, 1.82) is 0 Å². The van der Waals surface area contributed by atoms with Crippen LogP contribution >= 0.6 is 0 Å². The van der Waals surface area contributed by atoms with Crippen molar-refractivity contribution in [3.05, 3.63) is 17.5 Å². The van der Waals surface area contributed by atoms with Gasteiger partial charge in [-0.05, 0) is 38.7 Å². The minimum atomic E-state index is 0.632. The molecule has 0 aromatic carbocycles. The molecule has 1 aromatic heterocycles. The number of aromatic nitrogens is 2. The fraction of sp³-hybridized carbons (Fsp3) is 0.824. The normalized spacial score (nSPS) is 23.9. The molecule has 2 rings (SSSR count). The summed E-state index contributed by atoms with van der Waals surface area (Å²) in [5.74, 6) is 0.746. The Balaban J connectivity index is 2.11. The quantitative estimate of drug-likeness (QED) is 0.875. The van der Waals surface area contributed by atoms with E-state index in [0.717, 1.165) is 37.8 Å². The molecule has 0 bridgehead atoms. The van der Waals surface area contributed by atoms with Gasteiger partial charge in [-0.1, -0.05) is 20.8 Å². The van der Waals surface area contributed by atoms with E-state index in [4.69, 9.17) is 0 Å². The van der Waals surface area contributed by atoms with Gasteiger partial charge in [0.25, 0.3) is 0 Å². The molecule has 21 heavy (non-hydrogen) atoms. The second kappa shape index (κ2) is 7.41. The first-order chi connectivity index (χ1) is 10.0. The van der Waals surface area contributed by atoms with Gasteiger partial charge in [0, 0.05) is 38.3 Å². The van der Waals surface area contributed by atoms with Crippen LogP contribution in [0.15, 0.2) is 6.07 Å². The van der Waals surface area contributed by atoms with Crippen molar-refractivity contribution in [2.45, 2.75) is 72.6 Å². The summed E-state index contributed by atoms with van der Waals surface area (Å²) in [6.45, 7) is 15.5. The standard InChI is InChI=1S/C17H32N4/c1-6-15-11-20(16(10-18-15)8-13(3)4)12-17-9-14(5)19-21(17)7-2/h9,13,15-16,18H,6-8,10-12H2,1-5H3. The topological polar surface area (TPSA) is 33.1 Å². The zero-order valence-electron chi connectivity index (χ0n) is 14.4. The Morgan fingerprint density at radius 2 is 2.14 bits per heavy atom. The summed E-state index contributed by atoms with van der Waals surface area (Å²) in [6, 6.07) is 3.53. The van der Waals surface area contributed by atoms with E-state index in [1.807, 2.05) is 0 Å². The number of rotatable bonds is 6. The van der Waals surface area contributed by atoms with Gasteiger partial charge in [0.15, 0.2) is 0 Å². The maximum atomic E-state index is 4.59. The fourth-order valence-electron chi connectivity index (χ4n) is 3.38. The van der Waals surface area contributed by atoms with Crippen molar-refractivity contribution in [3.8, 4) is 0 Å². The lowest BCUT2D eigenvalue weighted by atomic mass is 9.98. The van der Waals surface area contributed by atoms with E-state index < -0.39 is 0 Å². The van der Waals surface area contributed by atoms with Crippen LogP contribution in [0.2, 0.25) is 0 Å². The molecule has 1 N–H and O–H groups in total. The van der Waals surface area contributed by atoms with Crippen LogP contribution in [0.25, 0.3) is 0 Å². The Hall–Kier alpha value is -0.870. The lowest BCUT2D eigenvalue weighted by Gasteiger charge is -2.41. The van der Waals surface area contributed by atoms with E-state index in [2.05, 4.69) is 60.7 Å². The second-order valence-electron chi connectivity index (χ2n) is 6.82. The van der Waals surface area contributed by atoms with E-state index in [9.17, 15) is 0 Å². The van der Waals surface area contributed by atoms with E-state index in [1.165, 1.54) is 18.5 Å². The molecule has 2 unspecified atom stereocenters. The molecule has 0 amide bonds. The molecular formula is C17H32N4. The maximum Gasteiger partial charge on any atom is 0.0597 e. The van der Waals surface area contributed by atoms with Gasteiger partial charge >= 0.3 is 0 Å². The molecule has 1 aliphatic heterocycles. The van der Waals surface area contributed by atoms with Gasteiger partial charge in [0.1, 0.15) is 0 Å². The highest BCUT2D eigenvalue weighted by atomic mass is 15.3. The predicted molar refractivity (Wildman–Crippen MR) is 88.4 cm³/mol. The van der Waals surface area contributed by atoms with Crippen LogP contribution < -0.4 is 5.32 Å². The molecule has 1 fully saturated rings. The SMILES string of the molecule is CCC1CN(Cc2cc(C)nn2CC)C(CC(C)C)CN1. The highest BCUT2D eigenvalue weighted by Crippen LogP contribution is 2.19. The Bertz CT molecular complexity index is 438. The van der Waals surface area contributed by atoms with Crippen molar-refractivity contribution >= 4 is 0 Å². The predicted octanol–water partition coefficient (Wildman–Crippen LogP) is 2.81. The summed E-state index contributed by atoms with van der Waals surface area (Å²) in [7, 11) is 0. The summed E-state index contributed by atoms with van der Waals surface area (Å²) >= 11 is 0. The van der Waals surface area contributed by atoms with Crippen molar-refractivity contribution in [3.63, 3.8) is 0 Å². The number of hydrogen-bond donors (Lipinski definition) is 1. The molecule has 0 spiro atoms. The minimum Gasteiger partial charge on any atom is -0.311 e. The van der Waals surface area contributed by atoms with Crippen molar-refractivity contribution < 1.29 is 0 Å². The third kappa shape index (κ3) is 4.30. The summed E-state index contributed by atoms with van der Waals surface area (Å²) in [6.07, 6.45) is 2.47. The molecule has 0 saturated carbocycles. The van der Waals surface area contributed by atoms with Crippen LogP contribution in [0.1, 0.15) is 51.9 Å². The Kier molecular flexibility index (Phi) is 5.82. The van der Waals surface area contributed by atoms with Crippen molar-refractivity contribution in [2.75, 3.05) is 13.1 Å². The van der Waals surface area contributed by atoms with Gasteiger partial charge in [-0.25, -0.2) is 0 Å². The van der Waals surface area contributed by atoms with Crippen LogP contribution in [-0.4, -0.2) is 39.9 Å². The monoisotopic (exact) mass is 292 g/mol. The zero-order chi connectivity index (χ0) is 15.4. The van der Waals surface area contributed by atoms with Gasteiger partial charge in [0.2, 0.25) is 0 Å². The molecule has 4 heteroatoms. The van der Waals surface area contributed by atoms with Gasteiger partial charge in [-0.2, -0.15) is 5.10 Å². The van der Waals surface area contributed by atoms with Crippen LogP contribution in [0.3, 0.4) is 0 Å². The maximum absolute atomic E-state index is 4.59. The van der Waals surface area contributed by atoms with Gasteiger partial charge < -0.3 is 5.32 Å². The molecule has 2 heterocycles. The van der Waals surface area contributed by atoms with Crippen LogP contribution in [0.4, 0.5) is 0 Å². The molecular weight excluding hydrogens is 260 g/mol. The molecule has 0 aliphatic carbocycles. The van der Waals surface area contributed by atoms with Gasteiger partial charge in [-0.15, -0.1) is 0 Å². The third-order valence-electron chi connectivity index (χ3n) is 4.50. The van der Waals surface area contributed by atoms with E-state index in [1.54, 1.807) is 0 Å². The number of aryl methyl sites for hydroxylation is 2. The number of nitrogens with zero attached hydrogens (tertiary/aromatic N) is 3. The Morgan fingerprint density at radius 3 is 2.76 bits per heavy atom. The van der Waals surface area contributed by atoms with E-state index >= 15 is 0 Å². The first kappa shape index (κ1) is 16.5. The molecule has 4 nitrogen and oxygen atoms in total. The summed E-state index contributed by atoms with van der Waals surface area (Å²) in [5.41, 5.74) is 2.50.